The molecule has 2 aliphatic rings. The molecule has 0 amide bonds. The first-order valence-electron chi connectivity index (χ1n) is 8.58. The maximum atomic E-state index is 5.58. The van der Waals surface area contributed by atoms with Gasteiger partial charge in [-0.15, -0.1) is 0 Å². The first-order valence-corrected chi connectivity index (χ1v) is 8.99. The quantitative estimate of drug-likeness (QED) is 0.826. The molecule has 0 saturated carbocycles. The molecule has 0 bridgehead atoms. The molecule has 3 heterocycles. The van der Waals surface area contributed by atoms with Gasteiger partial charge in [-0.3, -0.25) is 0 Å². The Labute approximate surface area is 143 Å². The lowest BCUT2D eigenvalue weighted by molar-refractivity contribution is 0.114. The van der Waals surface area contributed by atoms with Crippen LogP contribution in [-0.2, 0) is 4.74 Å². The van der Waals surface area contributed by atoms with Crippen molar-refractivity contribution < 1.29 is 4.74 Å². The van der Waals surface area contributed by atoms with Gasteiger partial charge in [0.2, 0.25) is 0 Å². The summed E-state index contributed by atoms with van der Waals surface area (Å²) in [5, 5.41) is 7.03. The zero-order valence-electron chi connectivity index (χ0n) is 13.8. The fraction of sp³-hybridized carbons (Fsp3) is 0.647. The van der Waals surface area contributed by atoms with E-state index in [4.69, 9.17) is 17.0 Å². The number of aromatic nitrogens is 1. The molecule has 1 aromatic rings. The highest BCUT2D eigenvalue weighted by atomic mass is 32.1. The number of nitrogens with one attached hydrogen (secondary N) is 2. The third-order valence-corrected chi connectivity index (χ3v) is 4.75. The molecule has 0 aliphatic carbocycles. The predicted molar refractivity (Wildman–Crippen MR) is 98.0 cm³/mol. The molecule has 3 rings (SSSR count). The second-order valence-electron chi connectivity index (χ2n) is 6.57. The van der Waals surface area contributed by atoms with Crippen LogP contribution in [0.25, 0.3) is 0 Å². The smallest absolute Gasteiger partial charge is 0.170 e. The van der Waals surface area contributed by atoms with E-state index in [0.717, 1.165) is 56.5 Å². The standard InChI is InChI=1S/C17H26N4OS/c1-13-4-2-8-21(12-13)16-7-6-14(10-18-16)20-17(23)19-11-15-5-3-9-22-15/h6-7,10,13,15H,2-5,8-9,11-12H2,1H3,(H2,19,20,23)/t13-,15+/m1/s1. The molecule has 0 unspecified atom stereocenters. The van der Waals surface area contributed by atoms with Crippen LogP contribution in [0.2, 0.25) is 0 Å². The van der Waals surface area contributed by atoms with Crippen LogP contribution in [-0.4, -0.2) is 42.4 Å². The maximum absolute atomic E-state index is 5.58. The third kappa shape index (κ3) is 4.78. The first kappa shape index (κ1) is 16.5. The highest BCUT2D eigenvalue weighted by Crippen LogP contribution is 2.22. The van der Waals surface area contributed by atoms with Crippen molar-refractivity contribution in [3.63, 3.8) is 0 Å². The molecule has 2 saturated heterocycles. The van der Waals surface area contributed by atoms with Crippen molar-refractivity contribution in [2.45, 2.75) is 38.7 Å². The summed E-state index contributed by atoms with van der Waals surface area (Å²) in [4.78, 5) is 6.95. The number of piperidine rings is 1. The minimum absolute atomic E-state index is 0.288. The number of hydrogen-bond donors (Lipinski definition) is 2. The summed E-state index contributed by atoms with van der Waals surface area (Å²) in [6.07, 6.45) is 6.97. The highest BCUT2D eigenvalue weighted by molar-refractivity contribution is 7.80. The molecule has 0 spiro atoms. The molecule has 2 N–H and O–H groups in total. The zero-order valence-corrected chi connectivity index (χ0v) is 14.6. The molecule has 2 atom stereocenters. The minimum Gasteiger partial charge on any atom is -0.376 e. The molecule has 2 aliphatic heterocycles. The van der Waals surface area contributed by atoms with Gasteiger partial charge in [-0.05, 0) is 56.0 Å². The maximum Gasteiger partial charge on any atom is 0.170 e. The van der Waals surface area contributed by atoms with Crippen molar-refractivity contribution in [3.8, 4) is 0 Å². The van der Waals surface area contributed by atoms with Gasteiger partial charge >= 0.3 is 0 Å². The van der Waals surface area contributed by atoms with E-state index in [1.165, 1.54) is 12.8 Å². The molecule has 126 valence electrons. The number of rotatable bonds is 4. The molecule has 1 aromatic heterocycles. The fourth-order valence-electron chi connectivity index (χ4n) is 3.23. The van der Waals surface area contributed by atoms with E-state index in [2.05, 4.69) is 33.5 Å². The zero-order chi connectivity index (χ0) is 16.1. The van der Waals surface area contributed by atoms with Crippen molar-refractivity contribution in [2.75, 3.05) is 36.5 Å². The minimum atomic E-state index is 0.288. The Balaban J connectivity index is 1.47. The molecular formula is C17H26N4OS. The van der Waals surface area contributed by atoms with Crippen LogP contribution in [0.15, 0.2) is 18.3 Å². The van der Waals surface area contributed by atoms with Gasteiger partial charge < -0.3 is 20.3 Å². The lowest BCUT2D eigenvalue weighted by atomic mass is 10.0. The number of nitrogens with zero attached hydrogens (tertiary/aromatic N) is 2. The molecule has 5 nitrogen and oxygen atoms in total. The monoisotopic (exact) mass is 334 g/mol. The van der Waals surface area contributed by atoms with E-state index in [1.807, 2.05) is 12.3 Å². The van der Waals surface area contributed by atoms with E-state index >= 15 is 0 Å². The Bertz CT molecular complexity index is 516. The lowest BCUT2D eigenvalue weighted by Gasteiger charge is -2.31. The van der Waals surface area contributed by atoms with E-state index in [9.17, 15) is 0 Å². The summed E-state index contributed by atoms with van der Waals surface area (Å²) in [6.45, 7) is 6.14. The van der Waals surface area contributed by atoms with E-state index in [-0.39, 0.29) is 6.10 Å². The van der Waals surface area contributed by atoms with Gasteiger partial charge in [0.15, 0.2) is 5.11 Å². The summed E-state index contributed by atoms with van der Waals surface area (Å²) in [7, 11) is 0. The average Bonchev–Trinajstić information content (AvgIpc) is 3.07. The number of pyridine rings is 1. The summed E-state index contributed by atoms with van der Waals surface area (Å²) >= 11 is 5.33. The summed E-state index contributed by atoms with van der Waals surface area (Å²) in [5.41, 5.74) is 0.920. The van der Waals surface area contributed by atoms with Gasteiger partial charge in [-0.2, -0.15) is 0 Å². The summed E-state index contributed by atoms with van der Waals surface area (Å²) < 4.78 is 5.58. The van der Waals surface area contributed by atoms with Gasteiger partial charge in [-0.1, -0.05) is 6.92 Å². The molecule has 2 fully saturated rings. The first-order chi connectivity index (χ1) is 11.2. The Hall–Kier alpha value is -1.40. The van der Waals surface area contributed by atoms with Crippen LogP contribution in [0.3, 0.4) is 0 Å². The molecule has 6 heteroatoms. The van der Waals surface area contributed by atoms with Crippen LogP contribution in [0, 0.1) is 5.92 Å². The normalized spacial score (nSPS) is 24.5. The molecular weight excluding hydrogens is 308 g/mol. The van der Waals surface area contributed by atoms with Gasteiger partial charge in [0.05, 0.1) is 18.0 Å². The Morgan fingerprint density at radius 1 is 1.39 bits per heavy atom. The number of hydrogen-bond acceptors (Lipinski definition) is 4. The SMILES string of the molecule is C[C@@H]1CCCN(c2ccc(NC(=S)NC[C@@H]3CCCO3)cn2)C1. The average molecular weight is 334 g/mol. The Kier molecular flexibility index (Phi) is 5.67. The van der Waals surface area contributed by atoms with Crippen LogP contribution >= 0.6 is 12.2 Å². The number of ether oxygens (including phenoxy) is 1. The molecule has 0 aromatic carbocycles. The van der Waals surface area contributed by atoms with E-state index < -0.39 is 0 Å². The van der Waals surface area contributed by atoms with Crippen molar-refractivity contribution in [3.05, 3.63) is 18.3 Å². The van der Waals surface area contributed by atoms with Crippen molar-refractivity contribution in [1.82, 2.24) is 10.3 Å². The molecule has 23 heavy (non-hydrogen) atoms. The second kappa shape index (κ2) is 7.93. The second-order valence-corrected chi connectivity index (χ2v) is 6.98. The van der Waals surface area contributed by atoms with E-state index in [1.54, 1.807) is 0 Å². The summed E-state index contributed by atoms with van der Waals surface area (Å²) in [6, 6.07) is 4.12. The third-order valence-electron chi connectivity index (χ3n) is 4.50. The van der Waals surface area contributed by atoms with Crippen LogP contribution in [0.5, 0.6) is 0 Å². The van der Waals surface area contributed by atoms with Crippen LogP contribution < -0.4 is 15.5 Å². The van der Waals surface area contributed by atoms with Crippen molar-refractivity contribution in [2.24, 2.45) is 5.92 Å². The van der Waals surface area contributed by atoms with Gasteiger partial charge in [-0.25, -0.2) is 4.98 Å². The van der Waals surface area contributed by atoms with Gasteiger partial charge in [0.1, 0.15) is 5.82 Å². The van der Waals surface area contributed by atoms with Gasteiger partial charge in [0.25, 0.3) is 0 Å². The summed E-state index contributed by atoms with van der Waals surface area (Å²) in [5.74, 6) is 1.80. The van der Waals surface area contributed by atoms with E-state index in [0.29, 0.717) is 5.11 Å². The molecule has 0 radical (unpaired) electrons. The topological polar surface area (TPSA) is 49.4 Å². The number of thiocarbonyl (C=S) groups is 1. The Morgan fingerprint density at radius 2 is 2.30 bits per heavy atom. The van der Waals surface area contributed by atoms with Gasteiger partial charge in [0, 0.05) is 26.2 Å². The predicted octanol–water partition coefficient (Wildman–Crippen LogP) is 2.78. The lowest BCUT2D eigenvalue weighted by Crippen LogP contribution is -2.35. The van der Waals surface area contributed by atoms with Crippen LogP contribution in [0.1, 0.15) is 32.6 Å². The van der Waals surface area contributed by atoms with Crippen molar-refractivity contribution >= 4 is 28.8 Å². The Morgan fingerprint density at radius 3 is 3.00 bits per heavy atom. The van der Waals surface area contributed by atoms with Crippen LogP contribution in [0.4, 0.5) is 11.5 Å². The fourth-order valence-corrected chi connectivity index (χ4v) is 3.43. The largest absolute Gasteiger partial charge is 0.376 e. The highest BCUT2D eigenvalue weighted by Gasteiger charge is 2.17. The number of anilines is 2. The van der Waals surface area contributed by atoms with Crippen molar-refractivity contribution in [1.29, 1.82) is 0 Å².